The first-order valence-corrected chi connectivity index (χ1v) is 14.9. The van der Waals surface area contributed by atoms with Crippen molar-refractivity contribution in [2.75, 3.05) is 13.2 Å². The highest BCUT2D eigenvalue weighted by atomic mass is 16.5. The lowest BCUT2D eigenvalue weighted by Crippen LogP contribution is -2.13. The zero-order chi connectivity index (χ0) is 25.9. The third-order valence-corrected chi connectivity index (χ3v) is 8.02. The summed E-state index contributed by atoms with van der Waals surface area (Å²) in [4.78, 5) is 0. The topological polar surface area (TPSA) is 18.5 Å². The molecule has 0 bridgehead atoms. The van der Waals surface area contributed by atoms with E-state index in [4.69, 9.17) is 9.47 Å². The van der Waals surface area contributed by atoms with Crippen molar-refractivity contribution in [3.05, 3.63) is 47.5 Å². The van der Waals surface area contributed by atoms with Crippen LogP contribution in [0.1, 0.15) is 104 Å². The molecule has 0 N–H and O–H groups in total. The lowest BCUT2D eigenvalue weighted by atomic mass is 9.93. The summed E-state index contributed by atoms with van der Waals surface area (Å²) in [5.41, 5.74) is 2.84. The molecule has 0 amide bonds. The summed E-state index contributed by atoms with van der Waals surface area (Å²) in [7, 11) is 0. The van der Waals surface area contributed by atoms with E-state index in [0.717, 1.165) is 50.4 Å². The molecule has 0 radical (unpaired) electrons. The molecule has 2 heteroatoms. The molecule has 0 aliphatic carbocycles. The maximum Gasteiger partial charge on any atom is 0.135 e. The Hall–Kier alpha value is -2.22. The van der Waals surface area contributed by atoms with E-state index in [9.17, 15) is 0 Å². The van der Waals surface area contributed by atoms with Crippen LogP contribution in [-0.4, -0.2) is 13.2 Å². The smallest absolute Gasteiger partial charge is 0.135 e. The summed E-state index contributed by atoms with van der Waals surface area (Å²) in [6.45, 7) is 15.2. The minimum absolute atomic E-state index is 0.596. The highest BCUT2D eigenvalue weighted by Crippen LogP contribution is 2.44. The van der Waals surface area contributed by atoms with Crippen LogP contribution < -0.4 is 9.47 Å². The molecule has 0 aromatic heterocycles. The average molecular weight is 491 g/mol. The minimum Gasteiger partial charge on any atom is -0.492 e. The largest absolute Gasteiger partial charge is 0.492 e. The Balaban J connectivity index is 2.13. The summed E-state index contributed by atoms with van der Waals surface area (Å²) in [6.07, 6.45) is 11.9. The summed E-state index contributed by atoms with van der Waals surface area (Å²) in [6, 6.07) is 13.5. The van der Waals surface area contributed by atoms with Gasteiger partial charge in [-0.3, -0.25) is 0 Å². The minimum atomic E-state index is 0.596. The Morgan fingerprint density at radius 3 is 1.33 bits per heavy atom. The predicted molar refractivity (Wildman–Crippen MR) is 158 cm³/mol. The van der Waals surface area contributed by atoms with E-state index >= 15 is 0 Å². The molecule has 0 saturated heterocycles. The molecule has 3 rings (SSSR count). The summed E-state index contributed by atoms with van der Waals surface area (Å²) >= 11 is 0. The number of benzene rings is 3. The fourth-order valence-electron chi connectivity index (χ4n) is 5.40. The SMILES string of the molecule is CCCCC(CC)COc1c2ccccc2c(OCC(CC)CCCC)c2cc(CC)c(CC)cc12. The van der Waals surface area contributed by atoms with Crippen LogP contribution in [0.15, 0.2) is 36.4 Å². The fraction of sp³-hybridized carbons (Fsp3) is 0.588. The molecule has 0 aliphatic heterocycles. The normalized spacial score (nSPS) is 13.3. The second-order valence-electron chi connectivity index (χ2n) is 10.5. The van der Waals surface area contributed by atoms with Crippen molar-refractivity contribution in [3.63, 3.8) is 0 Å². The molecule has 3 aromatic rings. The van der Waals surface area contributed by atoms with E-state index in [1.807, 2.05) is 0 Å². The molecular weight excluding hydrogens is 440 g/mol. The molecule has 198 valence electrons. The van der Waals surface area contributed by atoms with Crippen LogP contribution in [0.3, 0.4) is 0 Å². The molecule has 2 atom stereocenters. The molecule has 0 aliphatic rings. The Bertz CT molecular complexity index is 998. The second kappa shape index (κ2) is 14.5. The van der Waals surface area contributed by atoms with Crippen LogP contribution in [-0.2, 0) is 12.8 Å². The number of rotatable bonds is 16. The number of unbranched alkanes of at least 4 members (excludes halogenated alkanes) is 2. The monoisotopic (exact) mass is 490 g/mol. The van der Waals surface area contributed by atoms with Crippen LogP contribution in [0.2, 0.25) is 0 Å². The molecule has 0 saturated carbocycles. The summed E-state index contributed by atoms with van der Waals surface area (Å²) in [5.74, 6) is 3.27. The number of hydrogen-bond acceptors (Lipinski definition) is 2. The highest BCUT2D eigenvalue weighted by molar-refractivity contribution is 6.11. The van der Waals surface area contributed by atoms with Crippen molar-refractivity contribution in [1.82, 2.24) is 0 Å². The lowest BCUT2D eigenvalue weighted by molar-refractivity contribution is 0.234. The van der Waals surface area contributed by atoms with Crippen molar-refractivity contribution in [3.8, 4) is 11.5 Å². The molecule has 3 aromatic carbocycles. The third kappa shape index (κ3) is 6.75. The van der Waals surface area contributed by atoms with Gasteiger partial charge in [0, 0.05) is 21.5 Å². The number of fused-ring (bicyclic) bond motifs is 2. The standard InChI is InChI=1S/C34H50O2/c1-7-13-17-25(9-3)23-35-33-29-19-15-16-20-30(29)34(36-24-26(10-4)18-14-8-2)32-22-28(12-6)27(11-5)21-31(32)33/h15-16,19-22,25-26H,7-14,17-18,23-24H2,1-6H3. The van der Waals surface area contributed by atoms with Gasteiger partial charge in [-0.1, -0.05) is 104 Å². The van der Waals surface area contributed by atoms with Crippen LogP contribution >= 0.6 is 0 Å². The molecular formula is C34H50O2. The van der Waals surface area contributed by atoms with E-state index in [-0.39, 0.29) is 0 Å². The molecule has 2 unspecified atom stereocenters. The lowest BCUT2D eigenvalue weighted by Gasteiger charge is -2.23. The zero-order valence-electron chi connectivity index (χ0n) is 23.9. The molecule has 2 nitrogen and oxygen atoms in total. The molecule has 0 heterocycles. The van der Waals surface area contributed by atoms with Gasteiger partial charge in [0.05, 0.1) is 13.2 Å². The van der Waals surface area contributed by atoms with Crippen molar-refractivity contribution in [1.29, 1.82) is 0 Å². The van der Waals surface area contributed by atoms with Gasteiger partial charge in [-0.05, 0) is 60.8 Å². The van der Waals surface area contributed by atoms with Gasteiger partial charge in [-0.25, -0.2) is 0 Å². The van der Waals surface area contributed by atoms with Gasteiger partial charge in [0.15, 0.2) is 0 Å². The summed E-state index contributed by atoms with van der Waals surface area (Å²) < 4.78 is 13.5. The predicted octanol–water partition coefficient (Wildman–Crippen LogP) is 10.3. The fourth-order valence-corrected chi connectivity index (χ4v) is 5.40. The number of aryl methyl sites for hydroxylation is 2. The Labute approximate surface area is 220 Å². The van der Waals surface area contributed by atoms with Crippen molar-refractivity contribution in [2.45, 2.75) is 106 Å². The quantitative estimate of drug-likeness (QED) is 0.186. The van der Waals surface area contributed by atoms with Gasteiger partial charge in [0.2, 0.25) is 0 Å². The molecule has 0 fully saturated rings. The van der Waals surface area contributed by atoms with E-state index in [0.29, 0.717) is 11.8 Å². The highest BCUT2D eigenvalue weighted by Gasteiger charge is 2.20. The van der Waals surface area contributed by atoms with Gasteiger partial charge in [0.25, 0.3) is 0 Å². The molecule has 36 heavy (non-hydrogen) atoms. The average Bonchev–Trinajstić information content (AvgIpc) is 2.92. The maximum atomic E-state index is 6.75. The van der Waals surface area contributed by atoms with Crippen LogP contribution in [0.25, 0.3) is 21.5 Å². The Morgan fingerprint density at radius 2 is 1.00 bits per heavy atom. The number of hydrogen-bond donors (Lipinski definition) is 0. The van der Waals surface area contributed by atoms with E-state index in [1.54, 1.807) is 0 Å². The van der Waals surface area contributed by atoms with Gasteiger partial charge >= 0.3 is 0 Å². The zero-order valence-corrected chi connectivity index (χ0v) is 23.9. The van der Waals surface area contributed by atoms with E-state index in [1.165, 1.54) is 71.2 Å². The van der Waals surface area contributed by atoms with Gasteiger partial charge in [-0.15, -0.1) is 0 Å². The van der Waals surface area contributed by atoms with Crippen LogP contribution in [0.5, 0.6) is 11.5 Å². The second-order valence-corrected chi connectivity index (χ2v) is 10.5. The van der Waals surface area contributed by atoms with E-state index < -0.39 is 0 Å². The van der Waals surface area contributed by atoms with E-state index in [2.05, 4.69) is 77.9 Å². The van der Waals surface area contributed by atoms with Gasteiger partial charge in [-0.2, -0.15) is 0 Å². The first kappa shape index (κ1) is 28.4. The van der Waals surface area contributed by atoms with Crippen molar-refractivity contribution in [2.24, 2.45) is 11.8 Å². The van der Waals surface area contributed by atoms with Crippen molar-refractivity contribution >= 4 is 21.5 Å². The van der Waals surface area contributed by atoms with Crippen molar-refractivity contribution < 1.29 is 9.47 Å². The Kier molecular flexibility index (Phi) is 11.4. The number of ether oxygens (including phenoxy) is 2. The van der Waals surface area contributed by atoms with Gasteiger partial charge in [0.1, 0.15) is 11.5 Å². The first-order chi connectivity index (χ1) is 17.6. The third-order valence-electron chi connectivity index (χ3n) is 8.02. The maximum absolute atomic E-state index is 6.75. The first-order valence-electron chi connectivity index (χ1n) is 14.9. The Morgan fingerprint density at radius 1 is 0.583 bits per heavy atom. The molecule has 0 spiro atoms. The van der Waals surface area contributed by atoms with Gasteiger partial charge < -0.3 is 9.47 Å². The van der Waals surface area contributed by atoms with Crippen LogP contribution in [0, 0.1) is 11.8 Å². The van der Waals surface area contributed by atoms with Crippen LogP contribution in [0.4, 0.5) is 0 Å². The summed E-state index contributed by atoms with van der Waals surface area (Å²) in [5, 5.41) is 4.78.